The maximum Gasteiger partial charge on any atom is 0.159 e. The summed E-state index contributed by atoms with van der Waals surface area (Å²) in [6.07, 6.45) is 48.2. The second kappa shape index (κ2) is 25.4. The quantitative estimate of drug-likeness (QED) is 0.0775. The minimum absolute atomic E-state index is 0.0500. The highest BCUT2D eigenvalue weighted by Gasteiger charge is 2.34. The Kier molecular flexibility index (Phi) is 18.9. The molecule has 1 atom stereocenters. The first-order chi connectivity index (χ1) is 33.7. The monoisotopic (exact) mass is 911 g/mol. The van der Waals surface area contributed by atoms with Gasteiger partial charge in [0.1, 0.15) is 0 Å². The minimum Gasteiger partial charge on any atom is -0.250 e. The summed E-state index contributed by atoms with van der Waals surface area (Å²) in [5, 5.41) is 3.54. The van der Waals surface area contributed by atoms with E-state index in [2.05, 4.69) is 206 Å². The third-order valence-corrected chi connectivity index (χ3v) is 12.7. The van der Waals surface area contributed by atoms with Crippen molar-refractivity contribution in [2.75, 3.05) is 5.01 Å². The Bertz CT molecular complexity index is 2840. The molecule has 1 unspecified atom stereocenters. The van der Waals surface area contributed by atoms with Gasteiger partial charge in [0.25, 0.3) is 0 Å². The van der Waals surface area contributed by atoms with E-state index in [1.54, 1.807) is 12.4 Å². The van der Waals surface area contributed by atoms with Gasteiger partial charge in [0.05, 0.1) is 22.6 Å². The van der Waals surface area contributed by atoms with Crippen LogP contribution in [0.2, 0.25) is 0 Å². The van der Waals surface area contributed by atoms with Gasteiger partial charge in [-0.05, 0) is 139 Å². The van der Waals surface area contributed by atoms with Crippen LogP contribution in [0.5, 0.6) is 0 Å². The Morgan fingerprint density at radius 3 is 2.35 bits per heavy atom. The molecule has 0 bridgehead atoms. The molecule has 4 heteroatoms. The highest BCUT2D eigenvalue weighted by atomic mass is 15.6. The lowest BCUT2D eigenvalue weighted by atomic mass is 9.66. The number of hydrogen-bond donors (Lipinski definition) is 0. The van der Waals surface area contributed by atoms with Crippen LogP contribution < -0.4 is 5.01 Å². The van der Waals surface area contributed by atoms with Gasteiger partial charge in [-0.2, -0.15) is 0 Å². The van der Waals surface area contributed by atoms with Crippen molar-refractivity contribution < 1.29 is 0 Å². The Morgan fingerprint density at radius 1 is 0.841 bits per heavy atom. The number of anilines is 1. The molecule has 0 fully saturated rings. The van der Waals surface area contributed by atoms with Crippen LogP contribution in [-0.4, -0.2) is 14.6 Å². The molecule has 3 aromatic carbocycles. The van der Waals surface area contributed by atoms with Gasteiger partial charge in [-0.15, -0.1) is 0 Å². The summed E-state index contributed by atoms with van der Waals surface area (Å²) in [5.74, 6) is 1.24. The number of rotatable bonds is 15. The predicted octanol–water partition coefficient (Wildman–Crippen LogP) is 18.0. The van der Waals surface area contributed by atoms with Gasteiger partial charge in [0.2, 0.25) is 0 Å². The normalized spacial score (nSPS) is 16.4. The maximum absolute atomic E-state index is 4.90. The lowest BCUT2D eigenvalue weighted by molar-refractivity contribution is 0.295. The second-order valence-electron chi connectivity index (χ2n) is 17.9. The molecule has 0 saturated heterocycles. The molecule has 2 heterocycles. The molecule has 0 N–H and O–H groups in total. The molecule has 0 aliphatic heterocycles. The average Bonchev–Trinajstić information content (AvgIpc) is 3.56. The summed E-state index contributed by atoms with van der Waals surface area (Å²) in [6.45, 7) is 26.0. The molecule has 69 heavy (non-hydrogen) atoms. The van der Waals surface area contributed by atoms with Crippen LogP contribution in [0, 0.1) is 11.3 Å². The van der Waals surface area contributed by atoms with E-state index in [0.717, 1.165) is 72.2 Å². The molecule has 0 amide bonds. The van der Waals surface area contributed by atoms with Gasteiger partial charge in [-0.3, -0.25) is 0 Å². The van der Waals surface area contributed by atoms with Crippen LogP contribution in [0.1, 0.15) is 104 Å². The number of aromatic nitrogens is 3. The van der Waals surface area contributed by atoms with E-state index in [4.69, 9.17) is 6.58 Å². The van der Waals surface area contributed by atoms with Gasteiger partial charge in [-0.1, -0.05) is 194 Å². The molecule has 8 rings (SSSR count). The highest BCUT2D eigenvalue weighted by molar-refractivity contribution is 6.01. The number of fused-ring (bicyclic) bond motifs is 4. The van der Waals surface area contributed by atoms with Gasteiger partial charge in [0.15, 0.2) is 5.82 Å². The van der Waals surface area contributed by atoms with E-state index in [-0.39, 0.29) is 5.41 Å². The Labute approximate surface area is 415 Å². The summed E-state index contributed by atoms with van der Waals surface area (Å²) in [7, 11) is 0. The van der Waals surface area contributed by atoms with E-state index in [1.165, 1.54) is 50.8 Å². The van der Waals surface area contributed by atoms with Crippen molar-refractivity contribution in [1.82, 2.24) is 14.6 Å². The summed E-state index contributed by atoms with van der Waals surface area (Å²) in [4.78, 5) is 9.14. The van der Waals surface area contributed by atoms with E-state index in [0.29, 0.717) is 11.7 Å². The molecule has 0 saturated carbocycles. The van der Waals surface area contributed by atoms with Crippen LogP contribution >= 0.6 is 0 Å². The van der Waals surface area contributed by atoms with Gasteiger partial charge in [0, 0.05) is 35.3 Å². The van der Waals surface area contributed by atoms with Crippen molar-refractivity contribution in [1.29, 1.82) is 0 Å². The third-order valence-electron chi connectivity index (χ3n) is 12.7. The fourth-order valence-electron chi connectivity index (χ4n) is 9.69. The first kappa shape index (κ1) is 51.4. The van der Waals surface area contributed by atoms with E-state index < -0.39 is 0 Å². The zero-order valence-corrected chi connectivity index (χ0v) is 42.6. The van der Waals surface area contributed by atoms with Gasteiger partial charge < -0.3 is 0 Å². The molecule has 3 aliphatic rings. The second-order valence-corrected chi connectivity index (χ2v) is 17.9. The first-order valence-electron chi connectivity index (χ1n) is 25.3. The van der Waals surface area contributed by atoms with Crippen LogP contribution in [0.4, 0.5) is 5.69 Å². The predicted molar refractivity (Wildman–Crippen MR) is 301 cm³/mol. The molecule has 2 aromatic heterocycles. The molecule has 354 valence electrons. The van der Waals surface area contributed by atoms with Crippen molar-refractivity contribution in [3.05, 3.63) is 240 Å². The highest BCUT2D eigenvalue weighted by Crippen LogP contribution is 2.46. The molecule has 3 aliphatic carbocycles. The topological polar surface area (TPSA) is 34.0 Å². The zero-order valence-electron chi connectivity index (χ0n) is 42.6. The van der Waals surface area contributed by atoms with Crippen LogP contribution in [0.25, 0.3) is 39.5 Å². The number of benzene rings is 3. The molecule has 0 radical (unpaired) electrons. The zero-order chi connectivity index (χ0) is 49.2. The molecule has 0 spiro atoms. The lowest BCUT2D eigenvalue weighted by Gasteiger charge is -2.38. The average molecular weight is 911 g/mol. The standard InChI is InChI=1S/C61H62N4.2C2H6/c1-7-9-10-11-14-24-48-42-54(50-27-15-12-16-28-50)59-56(43-48)55-41-47(25-19-23-45(3)22-8-2)26-20-31-58(55)65(59)64(53-36-34-51(35-37-53)60-62-38-21-39-63-60)46(4)32-33-49-40-52-29-17-13-18-30-57(52)61(5,6)44-49;2*1-2/h7,9-17,19-22,25-29,31-39,42-44,57H,1,4,8,18,23-24,30,40-41H2,2-3,5-6H3;2*1-2H3/b10-9-,14-11-,25-19+,33-32-,45-22-;;. The maximum atomic E-state index is 4.90. The summed E-state index contributed by atoms with van der Waals surface area (Å²) >= 11 is 0. The molecular weight excluding hydrogens is 837 g/mol. The molecule has 5 aromatic rings. The van der Waals surface area contributed by atoms with Crippen molar-refractivity contribution in [3.8, 4) is 22.5 Å². The smallest absolute Gasteiger partial charge is 0.159 e. The molecule has 4 nitrogen and oxygen atoms in total. The van der Waals surface area contributed by atoms with Crippen LogP contribution in [0.15, 0.2) is 224 Å². The third kappa shape index (κ3) is 12.7. The fraction of sp³-hybridized carbons (Fsp3) is 0.262. The lowest BCUT2D eigenvalue weighted by Crippen LogP contribution is -2.29. The van der Waals surface area contributed by atoms with Gasteiger partial charge >= 0.3 is 0 Å². The van der Waals surface area contributed by atoms with Crippen LogP contribution in [0.3, 0.4) is 0 Å². The van der Waals surface area contributed by atoms with Crippen molar-refractivity contribution in [2.24, 2.45) is 11.3 Å². The number of hydrogen-bond acceptors (Lipinski definition) is 3. The molecular formula is C65H74N4. The van der Waals surface area contributed by atoms with E-state index >= 15 is 0 Å². The van der Waals surface area contributed by atoms with Crippen LogP contribution in [-0.2, 0) is 12.8 Å². The van der Waals surface area contributed by atoms with E-state index in [9.17, 15) is 0 Å². The Balaban J connectivity index is 0.00000191. The summed E-state index contributed by atoms with van der Waals surface area (Å²) in [6, 6.07) is 26.1. The Morgan fingerprint density at radius 2 is 1.61 bits per heavy atom. The van der Waals surface area contributed by atoms with Crippen molar-refractivity contribution in [3.63, 3.8) is 0 Å². The first-order valence-corrected chi connectivity index (χ1v) is 25.3. The largest absolute Gasteiger partial charge is 0.250 e. The number of nitrogens with zero attached hydrogens (tertiary/aromatic N) is 4. The minimum atomic E-state index is 0.0500. The summed E-state index contributed by atoms with van der Waals surface area (Å²) < 4.78 is 2.43. The van der Waals surface area contributed by atoms with Gasteiger partial charge in [-0.25, -0.2) is 19.7 Å². The SMILES string of the molecule is C=C/C=C\C=C/Cc1cc(-c2ccccc2)c2c(c1)c1c(n2N(C(=C)/C=C\C2=CC(C)(C)C3CCC=CC=C3C2)c2ccc(-c3ncccn3)cc2)C=CC=C(/C=C/C/C(C)=C\CC)C1.CC.CC. The number of allylic oxidation sites excluding steroid dienone is 20. The Hall–Kier alpha value is -7.04. The van der Waals surface area contributed by atoms with Crippen molar-refractivity contribution in [2.45, 2.75) is 100 Å². The van der Waals surface area contributed by atoms with E-state index in [1.807, 2.05) is 52.0 Å². The van der Waals surface area contributed by atoms with Crippen molar-refractivity contribution >= 4 is 22.7 Å². The summed E-state index contributed by atoms with van der Waals surface area (Å²) in [5.41, 5.74) is 15.5. The fourth-order valence-corrected chi connectivity index (χ4v) is 9.69.